The van der Waals surface area contributed by atoms with Crippen LogP contribution in [0.3, 0.4) is 0 Å². The molecule has 0 bridgehead atoms. The van der Waals surface area contributed by atoms with Gasteiger partial charge in [-0.25, -0.2) is 0 Å². The van der Waals surface area contributed by atoms with Crippen molar-refractivity contribution in [3.63, 3.8) is 0 Å². The van der Waals surface area contributed by atoms with Crippen molar-refractivity contribution >= 4 is 23.7 Å². The van der Waals surface area contributed by atoms with Crippen molar-refractivity contribution in [3.05, 3.63) is 102 Å². The highest BCUT2D eigenvalue weighted by atomic mass is 19.2. The molecule has 134 valence electrons. The van der Waals surface area contributed by atoms with Crippen molar-refractivity contribution in [2.75, 3.05) is 5.32 Å². The highest BCUT2D eigenvalue weighted by Gasteiger charge is 2.18. The number of nitrogens with zero attached hydrogens (tertiary/aromatic N) is 1. The maximum absolute atomic E-state index is 14.0. The summed E-state index contributed by atoms with van der Waals surface area (Å²) in [6, 6.07) is 23.8. The van der Waals surface area contributed by atoms with Gasteiger partial charge in [-0.15, -0.1) is 0 Å². The molecule has 0 aliphatic heterocycles. The van der Waals surface area contributed by atoms with Crippen LogP contribution in [0.4, 0.5) is 10.2 Å². The summed E-state index contributed by atoms with van der Waals surface area (Å²) in [6.07, 6.45) is 1.14. The Morgan fingerprint density at radius 1 is 0.778 bits per heavy atom. The fraction of sp³-hybridized carbons (Fsp3) is 0. The third kappa shape index (κ3) is 4.85. The van der Waals surface area contributed by atoms with E-state index in [1.54, 1.807) is 72.8 Å². The number of para-hydroxylation sites is 1. The summed E-state index contributed by atoms with van der Waals surface area (Å²) in [5.74, 6) is -1.04. The first-order valence-electron chi connectivity index (χ1n) is 8.25. The minimum Gasteiger partial charge on any atom is -0.321 e. The molecule has 0 atom stereocenters. The highest BCUT2D eigenvalue weighted by molar-refractivity contribution is 6.08. The smallest absolute Gasteiger partial charge is 0.311 e. The lowest BCUT2D eigenvalue weighted by molar-refractivity contribution is -0.740. The van der Waals surface area contributed by atoms with E-state index >= 15 is 0 Å². The minimum atomic E-state index is -0.686. The summed E-state index contributed by atoms with van der Waals surface area (Å²) in [7, 11) is 0. The summed E-state index contributed by atoms with van der Waals surface area (Å²) in [6.45, 7) is 0. The van der Waals surface area contributed by atoms with Gasteiger partial charge < -0.3 is 5.32 Å². The zero-order valence-corrected chi connectivity index (χ0v) is 14.3. The van der Waals surface area contributed by atoms with Crippen LogP contribution in [0.1, 0.15) is 26.3 Å². The van der Waals surface area contributed by atoms with E-state index in [1.165, 1.54) is 6.07 Å². The number of hydrazine groups is 1. The number of carbonyl (C=O) groups is 2. The van der Waals surface area contributed by atoms with Gasteiger partial charge in [-0.3, -0.25) is 9.59 Å². The second-order valence-electron chi connectivity index (χ2n) is 5.66. The summed E-state index contributed by atoms with van der Waals surface area (Å²) < 4.78 is 14.0. The van der Waals surface area contributed by atoms with Crippen LogP contribution in [-0.2, 0) is 0 Å². The monoisotopic (exact) mass is 362 g/mol. The minimum absolute atomic E-state index is 0.0907. The number of anilines is 1. The molecule has 2 N–H and O–H groups in total. The normalized spacial score (nSPS) is 10.9. The van der Waals surface area contributed by atoms with Crippen molar-refractivity contribution in [2.24, 2.45) is 0 Å². The summed E-state index contributed by atoms with van der Waals surface area (Å²) in [4.78, 5) is 24.8. The average molecular weight is 362 g/mol. The second-order valence-corrected chi connectivity index (χ2v) is 5.66. The molecule has 0 spiro atoms. The van der Waals surface area contributed by atoms with E-state index in [-0.39, 0.29) is 22.1 Å². The van der Waals surface area contributed by atoms with Crippen molar-refractivity contribution in [1.29, 1.82) is 0 Å². The number of benzene rings is 3. The van der Waals surface area contributed by atoms with Crippen LogP contribution in [0.2, 0.25) is 0 Å². The first-order chi connectivity index (χ1) is 13.1. The Hall–Kier alpha value is -3.80. The highest BCUT2D eigenvalue weighted by Crippen LogP contribution is 2.16. The van der Waals surface area contributed by atoms with Crippen molar-refractivity contribution < 1.29 is 19.0 Å². The van der Waals surface area contributed by atoms with Gasteiger partial charge in [-0.2, -0.15) is 0 Å². The molecule has 3 rings (SSSR count). The van der Waals surface area contributed by atoms with Crippen molar-refractivity contribution in [1.82, 2.24) is 5.43 Å². The molecule has 0 heterocycles. The van der Waals surface area contributed by atoms with Gasteiger partial charge in [0.15, 0.2) is 0 Å². The molecule has 0 fully saturated rings. The molecular weight excluding hydrogens is 345 g/mol. The molecule has 3 aromatic rings. The largest absolute Gasteiger partial charge is 0.321 e. The lowest BCUT2D eigenvalue weighted by atomic mass is 10.1. The fourth-order valence-electron chi connectivity index (χ4n) is 2.43. The van der Waals surface area contributed by atoms with Gasteiger partial charge in [0.05, 0.1) is 11.3 Å². The first kappa shape index (κ1) is 18.0. The number of hydrazone groups is 1. The zero-order chi connectivity index (χ0) is 19.1. The quantitative estimate of drug-likeness (QED) is 0.414. The van der Waals surface area contributed by atoms with Crippen LogP contribution >= 0.6 is 0 Å². The molecule has 0 aliphatic carbocycles. The van der Waals surface area contributed by atoms with Crippen LogP contribution in [0.5, 0.6) is 0 Å². The number of hydrogen-bond acceptors (Lipinski definition) is 2. The van der Waals surface area contributed by atoms with Crippen molar-refractivity contribution in [2.45, 2.75) is 0 Å². The Labute approximate surface area is 155 Å². The fourth-order valence-corrected chi connectivity index (χ4v) is 2.43. The molecular formula is C21H17FN3O2+. The van der Waals surface area contributed by atoms with E-state index in [0.29, 0.717) is 11.1 Å². The standard InChI is InChI=1S/C21H16FN3O2/c22-25(15-16-9-3-1-4-10-16)24-21(27)18-13-7-8-14-19(18)23-20(26)17-11-5-2-6-12-17/h1-15H,(H-,23,24,26,27)/p+1. The van der Waals surface area contributed by atoms with Crippen LogP contribution in [-0.4, -0.2) is 22.9 Å². The molecule has 0 aromatic heterocycles. The third-order valence-corrected chi connectivity index (χ3v) is 3.73. The Morgan fingerprint density at radius 3 is 2.07 bits per heavy atom. The third-order valence-electron chi connectivity index (χ3n) is 3.73. The molecule has 0 saturated heterocycles. The Balaban J connectivity index is 1.76. The molecule has 3 aromatic carbocycles. The van der Waals surface area contributed by atoms with Crippen molar-refractivity contribution in [3.8, 4) is 0 Å². The molecule has 27 heavy (non-hydrogen) atoms. The number of halogens is 1. The predicted octanol–water partition coefficient (Wildman–Crippen LogP) is 3.60. The Bertz CT molecular complexity index is 973. The lowest BCUT2D eigenvalue weighted by Gasteiger charge is -2.09. The topological polar surface area (TPSA) is 61.2 Å². The van der Waals surface area contributed by atoms with E-state index in [0.717, 1.165) is 6.21 Å². The van der Waals surface area contributed by atoms with Crippen LogP contribution in [0.15, 0.2) is 84.9 Å². The van der Waals surface area contributed by atoms with Gasteiger partial charge in [-0.1, -0.05) is 54.0 Å². The van der Waals surface area contributed by atoms with Gasteiger partial charge in [-0.05, 0) is 36.4 Å². The first-order valence-corrected chi connectivity index (χ1v) is 8.25. The Morgan fingerprint density at radius 2 is 1.37 bits per heavy atom. The second kappa shape index (κ2) is 8.53. The van der Waals surface area contributed by atoms with E-state index < -0.39 is 5.91 Å². The van der Waals surface area contributed by atoms with E-state index in [2.05, 4.69) is 10.7 Å². The number of carbonyl (C=O) groups excluding carboxylic acids is 2. The average Bonchev–Trinajstić information content (AvgIpc) is 2.69. The zero-order valence-electron chi connectivity index (χ0n) is 14.3. The van der Waals surface area contributed by atoms with Gasteiger partial charge in [0, 0.05) is 11.1 Å². The maximum Gasteiger partial charge on any atom is 0.311 e. The number of hydrogen-bond donors (Lipinski definition) is 2. The summed E-state index contributed by atoms with van der Waals surface area (Å²) in [5, 5.41) is 2.68. The van der Waals surface area contributed by atoms with Crippen LogP contribution in [0.25, 0.3) is 0 Å². The molecule has 5 nitrogen and oxygen atoms in total. The molecule has 0 aliphatic rings. The van der Waals surface area contributed by atoms with Crippen LogP contribution < -0.4 is 10.7 Å². The van der Waals surface area contributed by atoms with Gasteiger partial charge in [0.2, 0.25) is 0 Å². The summed E-state index contributed by atoms with van der Waals surface area (Å²) >= 11 is 0. The lowest BCUT2D eigenvalue weighted by Crippen LogP contribution is -2.31. The number of rotatable bonds is 5. The van der Waals surface area contributed by atoms with Crippen LogP contribution in [0, 0.1) is 0 Å². The van der Waals surface area contributed by atoms with E-state index in [4.69, 9.17) is 0 Å². The maximum atomic E-state index is 14.0. The SMILES string of the molecule is O=C(Nc1ccccc1C(=O)N[N+](F)=Cc1ccccc1)c1ccccc1. The Kier molecular flexibility index (Phi) is 5.69. The molecule has 0 unspecified atom stereocenters. The molecule has 2 amide bonds. The molecule has 0 radical (unpaired) electrons. The van der Waals surface area contributed by atoms with E-state index in [9.17, 15) is 14.1 Å². The number of nitrogens with one attached hydrogen (secondary N) is 2. The van der Waals surface area contributed by atoms with Gasteiger partial charge in [0.25, 0.3) is 12.1 Å². The van der Waals surface area contributed by atoms with Gasteiger partial charge >= 0.3 is 5.91 Å². The predicted molar refractivity (Wildman–Crippen MR) is 101 cm³/mol. The summed E-state index contributed by atoms with van der Waals surface area (Å²) in [5.41, 5.74) is 3.60. The van der Waals surface area contributed by atoms with Gasteiger partial charge in [0.1, 0.15) is 9.39 Å². The molecule has 0 saturated carbocycles. The number of amides is 2. The molecule has 6 heteroatoms. The van der Waals surface area contributed by atoms with E-state index in [1.807, 2.05) is 6.07 Å².